The van der Waals surface area contributed by atoms with Gasteiger partial charge in [-0.1, -0.05) is 6.92 Å². The number of benzene rings is 2. The van der Waals surface area contributed by atoms with E-state index in [0.29, 0.717) is 11.3 Å². The van der Waals surface area contributed by atoms with Crippen LogP contribution >= 0.6 is 0 Å². The number of piperidine rings is 1. The van der Waals surface area contributed by atoms with Crippen molar-refractivity contribution in [1.82, 2.24) is 4.90 Å². The SMILES string of the molecule is COCCN1C(=O)C(Nc2ccc(N3CCC(C)CC3)cc2)=C(c2ccc([N+](=O)[O-])cc2)C1=O. The van der Waals surface area contributed by atoms with E-state index >= 15 is 0 Å². The lowest BCUT2D eigenvalue weighted by atomic mass is 9.99. The van der Waals surface area contributed by atoms with Crippen LogP contribution in [-0.4, -0.2) is 55.0 Å². The highest BCUT2D eigenvalue weighted by molar-refractivity contribution is 6.36. The van der Waals surface area contributed by atoms with Gasteiger partial charge in [-0.25, -0.2) is 0 Å². The summed E-state index contributed by atoms with van der Waals surface area (Å²) in [6.45, 7) is 4.63. The Morgan fingerprint density at radius 3 is 2.26 bits per heavy atom. The van der Waals surface area contributed by atoms with Crippen LogP contribution in [0, 0.1) is 16.0 Å². The van der Waals surface area contributed by atoms with Gasteiger partial charge in [0.1, 0.15) is 5.70 Å². The molecule has 0 radical (unpaired) electrons. The van der Waals surface area contributed by atoms with Crippen molar-refractivity contribution in [1.29, 1.82) is 0 Å². The number of hydrogen-bond acceptors (Lipinski definition) is 7. The average Bonchev–Trinajstić information content (AvgIpc) is 3.07. The second-order valence-electron chi connectivity index (χ2n) is 8.65. The van der Waals surface area contributed by atoms with Gasteiger partial charge in [0.05, 0.1) is 23.6 Å². The predicted octanol–water partition coefficient (Wildman–Crippen LogP) is 3.67. The van der Waals surface area contributed by atoms with E-state index in [0.717, 1.165) is 29.6 Å². The van der Waals surface area contributed by atoms with Gasteiger partial charge in [-0.15, -0.1) is 0 Å². The van der Waals surface area contributed by atoms with Gasteiger partial charge in [0.2, 0.25) is 0 Å². The first-order chi connectivity index (χ1) is 16.4. The van der Waals surface area contributed by atoms with Crippen LogP contribution in [0.15, 0.2) is 54.2 Å². The summed E-state index contributed by atoms with van der Waals surface area (Å²) >= 11 is 0. The van der Waals surface area contributed by atoms with E-state index in [1.165, 1.54) is 44.2 Å². The molecule has 2 amide bonds. The van der Waals surface area contributed by atoms with E-state index in [1.54, 1.807) is 0 Å². The maximum atomic E-state index is 13.1. The average molecular weight is 465 g/mol. The summed E-state index contributed by atoms with van der Waals surface area (Å²) in [6, 6.07) is 13.4. The monoisotopic (exact) mass is 464 g/mol. The van der Waals surface area contributed by atoms with Gasteiger partial charge >= 0.3 is 0 Å². The molecule has 9 nitrogen and oxygen atoms in total. The van der Waals surface area contributed by atoms with Gasteiger partial charge in [-0.05, 0) is 60.7 Å². The fourth-order valence-corrected chi connectivity index (χ4v) is 4.26. The molecule has 4 rings (SSSR count). The lowest BCUT2D eigenvalue weighted by molar-refractivity contribution is -0.384. The van der Waals surface area contributed by atoms with Gasteiger partial charge in [0.25, 0.3) is 17.5 Å². The topological polar surface area (TPSA) is 105 Å². The second-order valence-corrected chi connectivity index (χ2v) is 8.65. The number of carbonyl (C=O) groups is 2. The number of imide groups is 1. The molecular weight excluding hydrogens is 436 g/mol. The molecule has 178 valence electrons. The zero-order chi connectivity index (χ0) is 24.2. The molecule has 1 N–H and O–H groups in total. The molecular formula is C25H28N4O5. The summed E-state index contributed by atoms with van der Waals surface area (Å²) in [7, 11) is 1.50. The quantitative estimate of drug-likeness (QED) is 0.361. The summed E-state index contributed by atoms with van der Waals surface area (Å²) < 4.78 is 5.05. The first-order valence-corrected chi connectivity index (χ1v) is 11.4. The summed E-state index contributed by atoms with van der Waals surface area (Å²) in [5, 5.41) is 14.1. The normalized spacial score (nSPS) is 17.0. The molecule has 2 aromatic rings. The molecule has 1 saturated heterocycles. The minimum atomic E-state index is -0.506. The molecule has 0 aromatic heterocycles. The van der Waals surface area contributed by atoms with E-state index in [9.17, 15) is 19.7 Å². The van der Waals surface area contributed by atoms with Crippen LogP contribution in [-0.2, 0) is 14.3 Å². The van der Waals surface area contributed by atoms with Crippen molar-refractivity contribution in [3.63, 3.8) is 0 Å². The molecule has 0 aliphatic carbocycles. The van der Waals surface area contributed by atoms with Crippen LogP contribution in [0.5, 0.6) is 0 Å². The molecule has 34 heavy (non-hydrogen) atoms. The van der Waals surface area contributed by atoms with Crippen molar-refractivity contribution in [3.8, 4) is 0 Å². The molecule has 2 heterocycles. The number of anilines is 2. The third-order valence-electron chi connectivity index (χ3n) is 6.34. The van der Waals surface area contributed by atoms with Crippen LogP contribution in [0.3, 0.4) is 0 Å². The summed E-state index contributed by atoms with van der Waals surface area (Å²) in [5.41, 5.74) is 2.48. The van der Waals surface area contributed by atoms with Crippen LogP contribution < -0.4 is 10.2 Å². The summed E-state index contributed by atoms with van der Waals surface area (Å²) in [4.78, 5) is 40.3. The van der Waals surface area contributed by atoms with E-state index < -0.39 is 16.7 Å². The number of hydrogen-bond donors (Lipinski definition) is 1. The lowest BCUT2D eigenvalue weighted by Crippen LogP contribution is -2.35. The molecule has 0 atom stereocenters. The number of nitro groups is 1. The number of nitrogens with zero attached hydrogens (tertiary/aromatic N) is 3. The van der Waals surface area contributed by atoms with Crippen molar-refractivity contribution >= 4 is 34.4 Å². The number of rotatable bonds is 8. The first-order valence-electron chi connectivity index (χ1n) is 11.4. The Kier molecular flexibility index (Phi) is 6.93. The Morgan fingerprint density at radius 2 is 1.68 bits per heavy atom. The molecule has 0 unspecified atom stereocenters. The first kappa shape index (κ1) is 23.4. The van der Waals surface area contributed by atoms with Crippen LogP contribution in [0.25, 0.3) is 5.57 Å². The van der Waals surface area contributed by atoms with Gasteiger partial charge in [-0.3, -0.25) is 24.6 Å². The summed E-state index contributed by atoms with van der Waals surface area (Å²) in [6.07, 6.45) is 2.33. The zero-order valence-electron chi connectivity index (χ0n) is 19.3. The standard InChI is InChI=1S/C25H28N4O5/c1-17-11-13-27(14-12-17)20-9-5-19(6-10-20)26-23-22(18-3-7-21(8-4-18)29(32)33)24(30)28(25(23)31)15-16-34-2/h3-10,17,26H,11-16H2,1-2H3. The number of ether oxygens (including phenoxy) is 1. The number of methoxy groups -OCH3 is 1. The van der Waals surface area contributed by atoms with E-state index in [-0.39, 0.29) is 30.1 Å². The van der Waals surface area contributed by atoms with Crippen molar-refractivity contribution in [2.45, 2.75) is 19.8 Å². The van der Waals surface area contributed by atoms with E-state index in [1.807, 2.05) is 24.3 Å². The molecule has 2 aliphatic heterocycles. The fraction of sp³-hybridized carbons (Fsp3) is 0.360. The van der Waals surface area contributed by atoms with E-state index in [4.69, 9.17) is 4.74 Å². The number of carbonyl (C=O) groups excluding carboxylic acids is 2. The van der Waals surface area contributed by atoms with Crippen molar-refractivity contribution in [2.75, 3.05) is 43.6 Å². The van der Waals surface area contributed by atoms with Crippen molar-refractivity contribution in [3.05, 3.63) is 69.9 Å². The third-order valence-corrected chi connectivity index (χ3v) is 6.34. The largest absolute Gasteiger partial charge is 0.383 e. The van der Waals surface area contributed by atoms with Crippen LogP contribution in [0.4, 0.5) is 17.1 Å². The zero-order valence-corrected chi connectivity index (χ0v) is 19.3. The third kappa shape index (κ3) is 4.79. The molecule has 1 fully saturated rings. The molecule has 9 heteroatoms. The Bertz CT molecular complexity index is 1100. The highest BCUT2D eigenvalue weighted by Crippen LogP contribution is 2.32. The van der Waals surface area contributed by atoms with Gasteiger partial charge in [0.15, 0.2) is 0 Å². The number of amides is 2. The van der Waals surface area contributed by atoms with Gasteiger partial charge in [-0.2, -0.15) is 0 Å². The molecule has 0 spiro atoms. The maximum Gasteiger partial charge on any atom is 0.278 e. The Morgan fingerprint density at radius 1 is 1.03 bits per heavy atom. The lowest BCUT2D eigenvalue weighted by Gasteiger charge is -2.32. The minimum Gasteiger partial charge on any atom is -0.383 e. The molecule has 2 aliphatic rings. The minimum absolute atomic E-state index is 0.0884. The highest BCUT2D eigenvalue weighted by atomic mass is 16.6. The van der Waals surface area contributed by atoms with Crippen LogP contribution in [0.2, 0.25) is 0 Å². The Labute approximate surface area is 198 Å². The number of non-ortho nitro benzene ring substituents is 1. The molecule has 0 saturated carbocycles. The van der Waals surface area contributed by atoms with Crippen molar-refractivity contribution in [2.24, 2.45) is 5.92 Å². The fourth-order valence-electron chi connectivity index (χ4n) is 4.26. The van der Waals surface area contributed by atoms with E-state index in [2.05, 4.69) is 17.1 Å². The second kappa shape index (κ2) is 10.0. The highest BCUT2D eigenvalue weighted by Gasteiger charge is 2.39. The summed E-state index contributed by atoms with van der Waals surface area (Å²) in [5.74, 6) is -0.170. The van der Waals surface area contributed by atoms with Gasteiger partial charge < -0.3 is 15.0 Å². The molecule has 0 bridgehead atoms. The maximum absolute atomic E-state index is 13.1. The number of nitrogens with one attached hydrogen (secondary N) is 1. The number of nitro benzene ring substituents is 1. The predicted molar refractivity (Wildman–Crippen MR) is 129 cm³/mol. The van der Waals surface area contributed by atoms with Crippen LogP contribution in [0.1, 0.15) is 25.3 Å². The Hall–Kier alpha value is -3.72. The Balaban J connectivity index is 1.62. The smallest absolute Gasteiger partial charge is 0.278 e. The molecule has 2 aromatic carbocycles. The van der Waals surface area contributed by atoms with Gasteiger partial charge in [0, 0.05) is 43.7 Å². The van der Waals surface area contributed by atoms with Crippen molar-refractivity contribution < 1.29 is 19.2 Å².